The van der Waals surface area contributed by atoms with E-state index in [0.717, 1.165) is 40.7 Å². The maximum Gasteiger partial charge on any atom is 2.00 e. The molecule has 11 rings (SSSR count). The number of nitro groups is 2. The number of nitrogens with zero attached hydrogens (tertiary/aromatic N) is 5. The van der Waals surface area contributed by atoms with Crippen LogP contribution in [0.5, 0.6) is 0 Å². The van der Waals surface area contributed by atoms with Gasteiger partial charge in [-0.05, 0) is 73.4 Å². The van der Waals surface area contributed by atoms with Crippen LogP contribution in [0.3, 0.4) is 0 Å². The van der Waals surface area contributed by atoms with Crippen LogP contribution in [0.2, 0.25) is 90.7 Å². The van der Waals surface area contributed by atoms with Crippen LogP contribution < -0.4 is 33.8 Å². The van der Waals surface area contributed by atoms with E-state index in [1.807, 2.05) is 41.7 Å². The molecule has 0 amide bonds. The summed E-state index contributed by atoms with van der Waals surface area (Å²) in [5.41, 5.74) is 12.8. The van der Waals surface area contributed by atoms with Crippen LogP contribution in [0.4, 0.5) is 17.1 Å². The van der Waals surface area contributed by atoms with Crippen LogP contribution in [-0.4, -0.2) is 125 Å². The van der Waals surface area contributed by atoms with E-state index in [-0.39, 0.29) is 148 Å². The molecular formula is C75H95BrMgN6O16Si4. The molecule has 0 radical (unpaired) electrons. The van der Waals surface area contributed by atoms with E-state index >= 15 is 0 Å². The number of halogens is 1. The minimum absolute atomic E-state index is 0. The summed E-state index contributed by atoms with van der Waals surface area (Å²) in [6.07, 6.45) is 3.98. The van der Waals surface area contributed by atoms with Crippen molar-refractivity contribution in [3.8, 4) is 11.4 Å². The van der Waals surface area contributed by atoms with E-state index in [2.05, 4.69) is 84.6 Å². The quantitative estimate of drug-likeness (QED) is 0.00931. The zero-order valence-corrected chi connectivity index (χ0v) is 67.6. The van der Waals surface area contributed by atoms with Crippen LogP contribution in [0.1, 0.15) is 122 Å². The molecule has 0 unspecified atom stereocenters. The van der Waals surface area contributed by atoms with Gasteiger partial charge in [0.15, 0.2) is 34.8 Å². The zero-order valence-electron chi connectivity index (χ0n) is 60.6. The Balaban J connectivity index is 0.000000340. The van der Waals surface area contributed by atoms with Gasteiger partial charge >= 0.3 is 35.0 Å². The molecule has 3 aromatic heterocycles. The monoisotopic (exact) mass is 1550 g/mol. The predicted molar refractivity (Wildman–Crippen MR) is 411 cm³/mol. The Morgan fingerprint density at radius 2 is 1.15 bits per heavy atom. The maximum atomic E-state index is 13.4. The van der Waals surface area contributed by atoms with E-state index in [4.69, 9.17) is 26.8 Å². The topological polar surface area (TPSA) is 331 Å². The largest absolute Gasteiger partial charge is 2.00 e. The van der Waals surface area contributed by atoms with E-state index in [0.29, 0.717) is 53.9 Å². The number of rotatable bonds is 16. The van der Waals surface area contributed by atoms with Crippen LogP contribution in [-0.2, 0) is 63.0 Å². The number of allylic oxidation sites excluding steroid dienone is 1. The summed E-state index contributed by atoms with van der Waals surface area (Å²) in [4.78, 5) is 120. The summed E-state index contributed by atoms with van der Waals surface area (Å²) in [5.74, 6) is -1.73. The number of hydrogen-bond acceptors (Lipinski definition) is 18. The van der Waals surface area contributed by atoms with E-state index < -0.39 is 65.3 Å². The first kappa shape index (κ1) is 89.1. The van der Waals surface area contributed by atoms with Gasteiger partial charge in [-0.2, -0.15) is 0 Å². The molecule has 7 aromatic rings. The fourth-order valence-corrected chi connectivity index (χ4v) is 13.6. The normalized spacial score (nSPS) is 15.9. The second kappa shape index (κ2) is 37.1. The third-order valence-electron chi connectivity index (χ3n) is 17.0. The number of aromatic nitrogens is 3. The third kappa shape index (κ3) is 22.5. The zero-order chi connectivity index (χ0) is 74.6. The van der Waals surface area contributed by atoms with Crippen LogP contribution in [0, 0.1) is 26.8 Å². The molecule has 22 nitrogen and oxygen atoms in total. The fraction of sp³-hybridized carbons (Fsp3) is 0.373. The van der Waals surface area contributed by atoms with Gasteiger partial charge < -0.3 is 58.1 Å². The fourth-order valence-electron chi connectivity index (χ4n) is 11.0. The van der Waals surface area contributed by atoms with E-state index in [1.165, 1.54) is 46.5 Å². The molecule has 0 spiro atoms. The van der Waals surface area contributed by atoms with Gasteiger partial charge in [0, 0.05) is 89.1 Å². The van der Waals surface area contributed by atoms with Crippen molar-refractivity contribution < 1.29 is 75.3 Å². The van der Waals surface area contributed by atoms with Crippen LogP contribution >= 0.6 is 0 Å². The number of cyclic esters (lactones) is 2. The minimum atomic E-state index is -1.83. The number of nitrogens with two attached hydrogens (primary N) is 1. The first-order valence-corrected chi connectivity index (χ1v) is 47.6. The molecule has 4 aromatic carbocycles. The van der Waals surface area contributed by atoms with Crippen molar-refractivity contribution in [2.45, 2.75) is 182 Å². The summed E-state index contributed by atoms with van der Waals surface area (Å²) >= 11 is 0. The molecule has 0 saturated heterocycles. The van der Waals surface area contributed by atoms with Gasteiger partial charge in [0.25, 0.3) is 22.5 Å². The molecule has 0 aliphatic carbocycles. The summed E-state index contributed by atoms with van der Waals surface area (Å²) < 4.78 is 13.2. The Morgan fingerprint density at radius 1 is 0.670 bits per heavy atom. The minimum Gasteiger partial charge on any atom is -1.00 e. The summed E-state index contributed by atoms with van der Waals surface area (Å²) in [5, 5.41) is 43.6. The first-order valence-electron chi connectivity index (χ1n) is 33.0. The average molecular weight is 1550 g/mol. The molecule has 0 fully saturated rings. The summed E-state index contributed by atoms with van der Waals surface area (Å²) in [6, 6.07) is 32.5. The number of carbonyl (C=O) groups excluding carboxylic acids is 6. The molecule has 103 heavy (non-hydrogen) atoms. The van der Waals surface area contributed by atoms with Crippen molar-refractivity contribution in [2.24, 2.45) is 0 Å². The Labute approximate surface area is 632 Å². The number of fused-ring (bicyclic) bond motifs is 7. The molecular weight excluding hydrogens is 1460 g/mol. The van der Waals surface area contributed by atoms with Crippen molar-refractivity contribution in [1.82, 2.24) is 14.1 Å². The smallest absolute Gasteiger partial charge is 1.00 e. The van der Waals surface area contributed by atoms with Crippen molar-refractivity contribution in [1.29, 1.82) is 0 Å². The number of aliphatic hydroxyl groups is 2. The van der Waals surface area contributed by atoms with Gasteiger partial charge in [0.2, 0.25) is 0 Å². The van der Waals surface area contributed by atoms with Crippen LogP contribution in [0.25, 0.3) is 22.3 Å². The van der Waals surface area contributed by atoms with E-state index in [1.54, 1.807) is 60.9 Å². The molecule has 4 aliphatic heterocycles. The number of carbonyl (C=O) groups is 6. The van der Waals surface area contributed by atoms with Gasteiger partial charge in [-0.3, -0.25) is 54.7 Å². The second-order valence-corrected chi connectivity index (χ2v) is 50.7. The van der Waals surface area contributed by atoms with Gasteiger partial charge in [0.1, 0.15) is 13.2 Å². The van der Waals surface area contributed by atoms with Crippen LogP contribution in [0.15, 0.2) is 136 Å². The van der Waals surface area contributed by atoms with Gasteiger partial charge in [-0.1, -0.05) is 172 Å². The Hall–Kier alpha value is -8.08. The molecule has 4 N–H and O–H groups in total. The molecule has 2 atom stereocenters. The molecule has 0 bridgehead atoms. The molecule has 546 valence electrons. The molecule has 0 saturated carbocycles. The van der Waals surface area contributed by atoms with Crippen molar-refractivity contribution >= 4 is 119 Å². The number of para-hydroxylation sites is 4. The van der Waals surface area contributed by atoms with Crippen molar-refractivity contribution in [3.05, 3.63) is 230 Å². The second-order valence-electron chi connectivity index (χ2n) is 29.3. The number of aldehydes is 1. The van der Waals surface area contributed by atoms with Gasteiger partial charge in [-0.25, -0.2) is 14.6 Å². The number of anilines is 1. The number of ether oxygens (including phenoxy) is 2. The standard InChI is InChI=1S/C25H28N2O4Si.C13H13NO5.C12H17NO3Si.C12H17NOSi.C7H5NO3.C5H11Si.CH4.BrH.Mg/c1-5-25(30)19-12-21-22-17(13-27(21)23(28)18(19)14-31-24(25)29)15(10-11-32(2,3)4)16-8-6-7-9-20(16)26-22;1-2-13(18)8-5-9-10(15)3-4-14(9)11(16)7(8)6-19-12(13)17;1-17(2,3)9-8-12(14)10-6-4-5-7-11(10)13(15)16;1-15(2,3)9-8-12(14)10-6-4-5-7-11(10)13;9-5-6-3-1-2-4-7(6)8(10)11;1-5-6(2,3)4;;;/h6-9,12,30H,5,10-11,13-14H2,1-4H3;5,18H,2-4,6H2,1H3;4-7H,8-9H2,1-3H3;4-9H,13H2,1-3H3;1-5H;1,5H,2-4H3;1H4;1H;/q;;;;;-1;;;+2/p-1/b;;;9-8+;;;;;/t25-;13-;;;;;;;/m00......./s1. The number of Topliss-reactive ketones (excluding diaryl/α,β-unsaturated/α-hetero) is 2. The predicted octanol–water partition coefficient (Wildman–Crippen LogP) is 11.0. The number of aryl methyl sites for hydroxylation is 1. The number of pyridine rings is 3. The Morgan fingerprint density at radius 3 is 1.63 bits per heavy atom. The van der Waals surface area contributed by atoms with Gasteiger partial charge in [0.05, 0.1) is 69.3 Å². The average Bonchev–Trinajstić information content (AvgIpc) is 1.66. The molecule has 7 heterocycles. The van der Waals surface area contributed by atoms with E-state index in [9.17, 15) is 68.8 Å². The summed E-state index contributed by atoms with van der Waals surface area (Å²) in [7, 11) is -4.86. The number of nitro benzene ring substituents is 2. The third-order valence-corrected chi connectivity index (χ3v) is 22.6. The molecule has 4 aliphatic rings. The summed E-state index contributed by atoms with van der Waals surface area (Å²) in [6.45, 7) is 35.9. The molecule has 28 heteroatoms. The Kier molecular flexibility index (Phi) is 32.1. The Bertz CT molecular complexity index is 4500. The first-order chi connectivity index (χ1) is 46.6. The SMILES string of the molecule is C.CC[C@@]1(O)C(=O)OCc2c1cc1n(c2=O)CCC1=O.CC[C@@]1(O)C(=O)OCc2c1cc1n(c2=O)Cc2c-1nc1ccccc1c2CC[Si](C)(C)C.C[Si](C)(C)/C=C/C(=O)c1ccccc1N.C[Si](C)(C)CCC(=O)c1ccccc1[N+](=O)[O-].O=Cc1ccccc1[N+](=O)[O-].[Br-].[CH-]=C[Si](C)(C)C.[Mg+2]. The number of hydrogen-bond donors (Lipinski definition) is 3. The number of ketones is 3. The maximum absolute atomic E-state index is 13.4. The number of nitrogen functional groups attached to an aromatic ring is 1. The van der Waals surface area contributed by atoms with Gasteiger partial charge in [-0.15, -0.1) is 0 Å². The van der Waals surface area contributed by atoms with Crippen molar-refractivity contribution in [3.63, 3.8) is 0 Å². The van der Waals surface area contributed by atoms with Crippen molar-refractivity contribution in [2.75, 3.05) is 5.73 Å². The number of esters is 2. The number of benzene rings is 4.